The molecule has 0 aromatic heterocycles. The van der Waals surface area contributed by atoms with Crippen molar-refractivity contribution in [1.82, 2.24) is 0 Å². The molecular weight excluding hydrogens is 286 g/mol. The maximum Gasteiger partial charge on any atom is 0.337 e. The monoisotopic (exact) mass is 299 g/mol. The fraction of sp³-hybridized carbons (Fsp3) is 0.133. The molecule has 2 aromatic carbocycles. The number of rotatable bonds is 4. The van der Waals surface area contributed by atoms with Crippen LogP contribution in [0.15, 0.2) is 52.7 Å². The van der Waals surface area contributed by atoms with E-state index in [2.05, 4.69) is 15.0 Å². The zero-order valence-corrected chi connectivity index (χ0v) is 12.0. The highest BCUT2D eigenvalue weighted by Crippen LogP contribution is 2.29. The number of hydrogen-bond acceptors (Lipinski definition) is 6. The van der Waals surface area contributed by atoms with Crippen molar-refractivity contribution in [3.63, 3.8) is 0 Å². The third-order valence-electron chi connectivity index (χ3n) is 2.89. The van der Waals surface area contributed by atoms with Crippen LogP contribution < -0.4 is 0 Å². The quantitative estimate of drug-likeness (QED) is 0.367. The van der Waals surface area contributed by atoms with E-state index in [1.54, 1.807) is 43.3 Å². The van der Waals surface area contributed by atoms with Gasteiger partial charge in [0.15, 0.2) is 5.69 Å². The minimum absolute atomic E-state index is 0.102. The Morgan fingerprint density at radius 3 is 2.41 bits per heavy atom. The molecule has 0 radical (unpaired) electrons. The lowest BCUT2D eigenvalue weighted by Gasteiger charge is -1.99. The van der Waals surface area contributed by atoms with E-state index in [4.69, 9.17) is 0 Å². The summed E-state index contributed by atoms with van der Waals surface area (Å²) in [7, 11) is 1.30. The van der Waals surface area contributed by atoms with Gasteiger partial charge in [-0.25, -0.2) is 4.79 Å². The number of azo groups is 1. The Bertz CT molecular complexity index is 739. The summed E-state index contributed by atoms with van der Waals surface area (Å²) >= 11 is 0. The fourth-order valence-electron chi connectivity index (χ4n) is 1.76. The first kappa shape index (κ1) is 15.3. The number of methoxy groups -OCH3 is 1. The lowest BCUT2D eigenvalue weighted by Crippen LogP contribution is -1.99. The highest BCUT2D eigenvalue weighted by Gasteiger charge is 2.13. The van der Waals surface area contributed by atoms with Crippen LogP contribution in [0.5, 0.6) is 0 Å². The van der Waals surface area contributed by atoms with E-state index in [9.17, 15) is 14.9 Å². The van der Waals surface area contributed by atoms with Crippen molar-refractivity contribution in [3.05, 3.63) is 63.7 Å². The third kappa shape index (κ3) is 3.51. The number of carbonyl (C=O) groups is 1. The van der Waals surface area contributed by atoms with E-state index in [1.165, 1.54) is 13.2 Å². The Kier molecular flexibility index (Phi) is 4.57. The summed E-state index contributed by atoms with van der Waals surface area (Å²) in [6.07, 6.45) is 0. The maximum absolute atomic E-state index is 11.3. The topological polar surface area (TPSA) is 94.2 Å². The molecule has 2 rings (SSSR count). The van der Waals surface area contributed by atoms with Gasteiger partial charge < -0.3 is 4.74 Å². The van der Waals surface area contributed by atoms with E-state index in [-0.39, 0.29) is 11.4 Å². The van der Waals surface area contributed by atoms with Gasteiger partial charge in [-0.15, -0.1) is 5.11 Å². The number of carbonyl (C=O) groups excluding carboxylic acids is 1. The van der Waals surface area contributed by atoms with Crippen molar-refractivity contribution < 1.29 is 14.5 Å². The van der Waals surface area contributed by atoms with Crippen LogP contribution in [0.2, 0.25) is 0 Å². The van der Waals surface area contributed by atoms with Gasteiger partial charge in [0.1, 0.15) is 0 Å². The lowest BCUT2D eigenvalue weighted by atomic mass is 10.2. The van der Waals surface area contributed by atoms with Gasteiger partial charge in [0.25, 0.3) is 5.69 Å². The first-order chi connectivity index (χ1) is 10.5. The minimum atomic E-state index is -0.498. The number of nitro benzene ring substituents is 1. The molecule has 0 saturated heterocycles. The number of esters is 1. The Morgan fingerprint density at radius 1 is 1.14 bits per heavy atom. The highest BCUT2D eigenvalue weighted by atomic mass is 16.6. The van der Waals surface area contributed by atoms with Gasteiger partial charge in [0, 0.05) is 6.07 Å². The summed E-state index contributed by atoms with van der Waals surface area (Å²) in [6.45, 7) is 1.76. The number of nitro groups is 1. The zero-order chi connectivity index (χ0) is 16.1. The largest absolute Gasteiger partial charge is 0.465 e. The maximum atomic E-state index is 11.3. The molecule has 112 valence electrons. The smallest absolute Gasteiger partial charge is 0.337 e. The normalized spacial score (nSPS) is 10.6. The van der Waals surface area contributed by atoms with Gasteiger partial charge in [-0.2, -0.15) is 5.11 Å². The molecule has 0 saturated carbocycles. The Labute approximate surface area is 126 Å². The van der Waals surface area contributed by atoms with Gasteiger partial charge in [-0.3, -0.25) is 10.1 Å². The van der Waals surface area contributed by atoms with E-state index >= 15 is 0 Å². The van der Waals surface area contributed by atoms with Crippen LogP contribution in [0, 0.1) is 17.0 Å². The van der Waals surface area contributed by atoms with Crippen molar-refractivity contribution in [2.75, 3.05) is 7.11 Å². The van der Waals surface area contributed by atoms with Crippen LogP contribution in [0.3, 0.4) is 0 Å². The van der Waals surface area contributed by atoms with Crippen molar-refractivity contribution >= 4 is 23.0 Å². The SMILES string of the molecule is COC(=O)c1ccc(/N=N/c2ccc(C)cc2[N+](=O)[O-])cc1. The summed E-state index contributed by atoms with van der Waals surface area (Å²) in [4.78, 5) is 21.8. The van der Waals surface area contributed by atoms with Crippen molar-refractivity contribution in [3.8, 4) is 0 Å². The number of benzene rings is 2. The molecule has 0 fully saturated rings. The second-order valence-corrected chi connectivity index (χ2v) is 4.49. The second kappa shape index (κ2) is 6.57. The predicted molar refractivity (Wildman–Crippen MR) is 79.8 cm³/mol. The molecule has 2 aromatic rings. The molecule has 0 aliphatic carbocycles. The fourth-order valence-corrected chi connectivity index (χ4v) is 1.76. The summed E-state index contributed by atoms with van der Waals surface area (Å²) < 4.78 is 4.59. The average Bonchev–Trinajstić information content (AvgIpc) is 2.53. The average molecular weight is 299 g/mol. The molecule has 0 unspecified atom stereocenters. The predicted octanol–water partition coefficient (Wildman–Crippen LogP) is 4.11. The first-order valence-corrected chi connectivity index (χ1v) is 6.36. The molecule has 0 amide bonds. The molecular formula is C15H13N3O4. The van der Waals surface area contributed by atoms with Crippen LogP contribution in [0.1, 0.15) is 15.9 Å². The van der Waals surface area contributed by atoms with Crippen molar-refractivity contribution in [2.45, 2.75) is 6.92 Å². The van der Waals surface area contributed by atoms with Crippen LogP contribution in [0.4, 0.5) is 17.1 Å². The number of nitrogens with zero attached hydrogens (tertiary/aromatic N) is 3. The summed E-state index contributed by atoms with van der Waals surface area (Å²) in [6, 6.07) is 11.0. The van der Waals surface area contributed by atoms with Gasteiger partial charge in [-0.1, -0.05) is 6.07 Å². The molecule has 7 heteroatoms. The van der Waals surface area contributed by atoms with Gasteiger partial charge in [0.05, 0.1) is 23.3 Å². The van der Waals surface area contributed by atoms with E-state index < -0.39 is 10.9 Å². The Balaban J connectivity index is 2.25. The summed E-state index contributed by atoms with van der Waals surface area (Å²) in [5, 5.41) is 18.8. The molecule has 0 atom stereocenters. The molecule has 0 bridgehead atoms. The highest BCUT2D eigenvalue weighted by molar-refractivity contribution is 5.89. The Morgan fingerprint density at radius 2 is 1.82 bits per heavy atom. The number of aryl methyl sites for hydroxylation is 1. The molecule has 0 spiro atoms. The lowest BCUT2D eigenvalue weighted by molar-refractivity contribution is -0.384. The number of hydrogen-bond donors (Lipinski definition) is 0. The van der Waals surface area contributed by atoms with E-state index in [1.807, 2.05) is 0 Å². The van der Waals surface area contributed by atoms with E-state index in [0.717, 1.165) is 5.56 Å². The number of ether oxygens (including phenoxy) is 1. The first-order valence-electron chi connectivity index (χ1n) is 6.36. The second-order valence-electron chi connectivity index (χ2n) is 4.49. The molecule has 22 heavy (non-hydrogen) atoms. The van der Waals surface area contributed by atoms with Gasteiger partial charge in [-0.05, 0) is 42.8 Å². The molecule has 7 nitrogen and oxygen atoms in total. The third-order valence-corrected chi connectivity index (χ3v) is 2.89. The molecule has 0 aliphatic heterocycles. The molecule has 0 N–H and O–H groups in total. The molecule has 0 aliphatic rings. The van der Waals surface area contributed by atoms with Gasteiger partial charge in [0.2, 0.25) is 0 Å². The summed E-state index contributed by atoms with van der Waals surface area (Å²) in [5.41, 5.74) is 1.71. The zero-order valence-electron chi connectivity index (χ0n) is 12.0. The van der Waals surface area contributed by atoms with E-state index in [0.29, 0.717) is 11.3 Å². The van der Waals surface area contributed by atoms with Crippen LogP contribution in [-0.2, 0) is 4.74 Å². The summed E-state index contributed by atoms with van der Waals surface area (Å²) in [5.74, 6) is -0.447. The Hall–Kier alpha value is -3.09. The van der Waals surface area contributed by atoms with Gasteiger partial charge >= 0.3 is 5.97 Å². The molecule has 0 heterocycles. The van der Waals surface area contributed by atoms with Crippen LogP contribution in [0.25, 0.3) is 0 Å². The van der Waals surface area contributed by atoms with Crippen LogP contribution >= 0.6 is 0 Å². The van der Waals surface area contributed by atoms with Crippen LogP contribution in [-0.4, -0.2) is 18.0 Å². The van der Waals surface area contributed by atoms with Crippen molar-refractivity contribution in [1.29, 1.82) is 0 Å². The van der Waals surface area contributed by atoms with Crippen molar-refractivity contribution in [2.24, 2.45) is 10.2 Å². The standard InChI is InChI=1S/C15H13N3O4/c1-10-3-8-13(14(9-10)18(20)21)17-16-12-6-4-11(5-7-12)15(19)22-2/h3-9H,1-2H3/b17-16+. The minimum Gasteiger partial charge on any atom is -0.465 e.